The highest BCUT2D eigenvalue weighted by Crippen LogP contribution is 2.14. The molecule has 0 saturated heterocycles. The second kappa shape index (κ2) is 5.70. The first-order valence-corrected chi connectivity index (χ1v) is 6.70. The lowest BCUT2D eigenvalue weighted by Crippen LogP contribution is -2.26. The second-order valence-electron chi connectivity index (χ2n) is 4.19. The van der Waals surface area contributed by atoms with Crippen LogP contribution in [0.5, 0.6) is 0 Å². The zero-order valence-electron chi connectivity index (χ0n) is 10.8. The number of anilines is 1. The summed E-state index contributed by atoms with van der Waals surface area (Å²) in [5.41, 5.74) is 6.52. The van der Waals surface area contributed by atoms with E-state index in [9.17, 15) is 14.4 Å². The molecule has 0 aliphatic heterocycles. The molecule has 0 spiro atoms. The van der Waals surface area contributed by atoms with Crippen LogP contribution in [0.3, 0.4) is 0 Å². The minimum Gasteiger partial charge on any atom is -0.366 e. The maximum Gasteiger partial charge on any atom is 0.307 e. The molecule has 104 valence electrons. The Bertz CT molecular complexity index is 718. The van der Waals surface area contributed by atoms with E-state index >= 15 is 0 Å². The van der Waals surface area contributed by atoms with Crippen molar-refractivity contribution in [2.75, 3.05) is 5.32 Å². The van der Waals surface area contributed by atoms with Crippen LogP contribution in [-0.4, -0.2) is 16.4 Å². The summed E-state index contributed by atoms with van der Waals surface area (Å²) in [6.45, 7) is 1.66. The van der Waals surface area contributed by atoms with Gasteiger partial charge in [-0.25, -0.2) is 0 Å². The SMILES string of the molecule is Cc1csc(=O)n1CC(=O)Nc1ccccc1C(N)=O. The molecule has 1 aromatic carbocycles. The number of carbonyl (C=O) groups is 2. The van der Waals surface area contributed by atoms with Crippen molar-refractivity contribution in [3.8, 4) is 0 Å². The molecule has 7 heteroatoms. The first-order chi connectivity index (χ1) is 9.49. The summed E-state index contributed by atoms with van der Waals surface area (Å²) in [5.74, 6) is -1.01. The van der Waals surface area contributed by atoms with Crippen LogP contribution < -0.4 is 15.9 Å². The Morgan fingerprint density at radius 1 is 1.35 bits per heavy atom. The molecule has 3 N–H and O–H groups in total. The van der Waals surface area contributed by atoms with Gasteiger partial charge in [0.25, 0.3) is 5.91 Å². The Kier molecular flexibility index (Phi) is 3.99. The predicted molar refractivity (Wildman–Crippen MR) is 76.9 cm³/mol. The molecule has 0 atom stereocenters. The van der Waals surface area contributed by atoms with Crippen molar-refractivity contribution in [3.05, 3.63) is 50.6 Å². The molecule has 1 heterocycles. The van der Waals surface area contributed by atoms with E-state index in [4.69, 9.17) is 5.73 Å². The van der Waals surface area contributed by atoms with Crippen LogP contribution in [0.4, 0.5) is 5.69 Å². The van der Waals surface area contributed by atoms with Crippen LogP contribution in [-0.2, 0) is 11.3 Å². The Balaban J connectivity index is 2.17. The topological polar surface area (TPSA) is 94.2 Å². The molecule has 0 unspecified atom stereocenters. The number of benzene rings is 1. The molecule has 2 aromatic rings. The molecule has 0 fully saturated rings. The number of hydrogen-bond donors (Lipinski definition) is 2. The molecular formula is C13H13N3O3S. The highest BCUT2D eigenvalue weighted by Gasteiger charge is 2.12. The number of para-hydroxylation sites is 1. The van der Waals surface area contributed by atoms with Gasteiger partial charge >= 0.3 is 4.87 Å². The van der Waals surface area contributed by atoms with Crippen molar-refractivity contribution in [1.29, 1.82) is 0 Å². The van der Waals surface area contributed by atoms with Crippen LogP contribution >= 0.6 is 11.3 Å². The van der Waals surface area contributed by atoms with Gasteiger partial charge in [0.05, 0.1) is 11.3 Å². The third kappa shape index (κ3) is 2.94. The smallest absolute Gasteiger partial charge is 0.307 e. The molecule has 20 heavy (non-hydrogen) atoms. The maximum atomic E-state index is 11.9. The first-order valence-electron chi connectivity index (χ1n) is 5.82. The monoisotopic (exact) mass is 291 g/mol. The van der Waals surface area contributed by atoms with Crippen molar-refractivity contribution in [3.63, 3.8) is 0 Å². The predicted octanol–water partition coefficient (Wildman–Crippen LogP) is 0.956. The fraction of sp³-hybridized carbons (Fsp3) is 0.154. The summed E-state index contributed by atoms with van der Waals surface area (Å²) < 4.78 is 1.37. The summed E-state index contributed by atoms with van der Waals surface area (Å²) in [7, 11) is 0. The van der Waals surface area contributed by atoms with Gasteiger partial charge in [0.1, 0.15) is 6.54 Å². The Morgan fingerprint density at radius 2 is 2.05 bits per heavy atom. The van der Waals surface area contributed by atoms with Gasteiger partial charge in [-0.1, -0.05) is 23.5 Å². The van der Waals surface area contributed by atoms with Gasteiger partial charge in [-0.05, 0) is 19.1 Å². The number of nitrogens with one attached hydrogen (secondary N) is 1. The summed E-state index contributed by atoms with van der Waals surface area (Å²) in [6, 6.07) is 6.45. The van der Waals surface area contributed by atoms with Crippen molar-refractivity contribution < 1.29 is 9.59 Å². The van der Waals surface area contributed by atoms with E-state index in [1.165, 1.54) is 10.6 Å². The van der Waals surface area contributed by atoms with Crippen molar-refractivity contribution in [1.82, 2.24) is 4.57 Å². The maximum absolute atomic E-state index is 11.9. The van der Waals surface area contributed by atoms with E-state index < -0.39 is 5.91 Å². The molecule has 2 amide bonds. The molecular weight excluding hydrogens is 278 g/mol. The van der Waals surface area contributed by atoms with Gasteiger partial charge in [-0.2, -0.15) is 0 Å². The van der Waals surface area contributed by atoms with Gasteiger partial charge in [0.2, 0.25) is 5.91 Å². The number of hydrogen-bond acceptors (Lipinski definition) is 4. The Hall–Kier alpha value is -2.41. The van der Waals surface area contributed by atoms with E-state index in [-0.39, 0.29) is 22.9 Å². The standard InChI is InChI=1S/C13H13N3O3S/c1-8-7-20-13(19)16(8)6-11(17)15-10-5-3-2-4-9(10)12(14)18/h2-5,7H,6H2,1H3,(H2,14,18)(H,15,17). The van der Waals surface area contributed by atoms with Crippen LogP contribution in [0.25, 0.3) is 0 Å². The Morgan fingerprint density at radius 3 is 2.65 bits per heavy atom. The number of amides is 2. The van der Waals surface area contributed by atoms with Crippen LogP contribution in [0, 0.1) is 6.92 Å². The molecule has 0 saturated carbocycles. The van der Waals surface area contributed by atoms with Gasteiger partial charge in [-0.15, -0.1) is 0 Å². The summed E-state index contributed by atoms with van der Waals surface area (Å²) >= 11 is 1.04. The number of primary amides is 1. The largest absolute Gasteiger partial charge is 0.366 e. The second-order valence-corrected chi connectivity index (χ2v) is 5.01. The highest BCUT2D eigenvalue weighted by molar-refractivity contribution is 7.07. The van der Waals surface area contributed by atoms with E-state index in [1.807, 2.05) is 0 Å². The van der Waals surface area contributed by atoms with E-state index in [0.717, 1.165) is 17.0 Å². The van der Waals surface area contributed by atoms with E-state index in [0.29, 0.717) is 5.69 Å². The van der Waals surface area contributed by atoms with E-state index in [1.54, 1.807) is 30.5 Å². The normalized spacial score (nSPS) is 10.2. The molecule has 2 rings (SSSR count). The van der Waals surface area contributed by atoms with Gasteiger partial charge in [-0.3, -0.25) is 19.0 Å². The average Bonchev–Trinajstić information content (AvgIpc) is 2.71. The number of aromatic nitrogens is 1. The van der Waals surface area contributed by atoms with Crippen LogP contribution in [0.1, 0.15) is 16.1 Å². The molecule has 0 aliphatic carbocycles. The summed E-state index contributed by atoms with van der Waals surface area (Å²) in [5, 5.41) is 4.28. The molecule has 6 nitrogen and oxygen atoms in total. The number of nitrogens with zero attached hydrogens (tertiary/aromatic N) is 1. The minimum absolute atomic E-state index is 0.0960. The Labute approximate surface area is 118 Å². The van der Waals surface area contributed by atoms with Crippen molar-refractivity contribution in [2.24, 2.45) is 5.73 Å². The zero-order valence-corrected chi connectivity index (χ0v) is 11.6. The van der Waals surface area contributed by atoms with Crippen molar-refractivity contribution >= 4 is 28.8 Å². The van der Waals surface area contributed by atoms with Gasteiger partial charge < -0.3 is 11.1 Å². The number of rotatable bonds is 4. The summed E-state index contributed by atoms with van der Waals surface area (Å²) in [6.07, 6.45) is 0. The number of aryl methyl sites for hydroxylation is 1. The molecule has 0 radical (unpaired) electrons. The minimum atomic E-state index is -0.621. The van der Waals surface area contributed by atoms with Crippen LogP contribution in [0.15, 0.2) is 34.4 Å². The van der Waals surface area contributed by atoms with Crippen molar-refractivity contribution in [2.45, 2.75) is 13.5 Å². The molecule has 0 aliphatic rings. The fourth-order valence-corrected chi connectivity index (χ4v) is 2.47. The lowest BCUT2D eigenvalue weighted by Gasteiger charge is -2.09. The third-order valence-electron chi connectivity index (χ3n) is 2.74. The summed E-state index contributed by atoms with van der Waals surface area (Å²) in [4.78, 5) is 34.5. The lowest BCUT2D eigenvalue weighted by atomic mass is 10.1. The quantitative estimate of drug-likeness (QED) is 0.878. The van der Waals surface area contributed by atoms with Gasteiger partial charge in [0, 0.05) is 11.1 Å². The van der Waals surface area contributed by atoms with Gasteiger partial charge in [0.15, 0.2) is 0 Å². The van der Waals surface area contributed by atoms with Crippen LogP contribution in [0.2, 0.25) is 0 Å². The average molecular weight is 291 g/mol. The first kappa shape index (κ1) is 14.0. The lowest BCUT2D eigenvalue weighted by molar-refractivity contribution is -0.116. The van der Waals surface area contributed by atoms with E-state index in [2.05, 4.69) is 5.32 Å². The highest BCUT2D eigenvalue weighted by atomic mass is 32.1. The number of carbonyl (C=O) groups excluding carboxylic acids is 2. The zero-order chi connectivity index (χ0) is 14.7. The third-order valence-corrected chi connectivity index (χ3v) is 3.63. The number of nitrogens with two attached hydrogens (primary N) is 1. The molecule has 1 aromatic heterocycles. The fourth-order valence-electron chi connectivity index (χ4n) is 1.74. The number of thiazole rings is 1. The molecule has 0 bridgehead atoms.